The van der Waals surface area contributed by atoms with Crippen LogP contribution in [0.15, 0.2) is 72.8 Å². The number of aliphatic hydroxyl groups excluding tert-OH is 1. The first-order valence-corrected chi connectivity index (χ1v) is 10.3. The minimum absolute atomic E-state index is 0.00991. The zero-order chi connectivity index (χ0) is 22.4. The van der Waals surface area contributed by atoms with E-state index in [1.54, 1.807) is 48.5 Å². The van der Waals surface area contributed by atoms with Gasteiger partial charge in [-0.1, -0.05) is 57.2 Å². The second kappa shape index (κ2) is 9.58. The van der Waals surface area contributed by atoms with E-state index < -0.39 is 0 Å². The molecule has 160 valence electrons. The number of hydrogen-bond donors (Lipinski definition) is 3. The van der Waals surface area contributed by atoms with E-state index >= 15 is 0 Å². The molecule has 0 aromatic heterocycles. The number of benzene rings is 3. The molecule has 0 saturated heterocycles. The molecular weight excluding hydrogens is 388 g/mol. The Labute approximate surface area is 183 Å². The predicted octanol–water partition coefficient (Wildman–Crippen LogP) is 5.02. The maximum atomic E-state index is 12.8. The van der Waals surface area contributed by atoms with Crippen LogP contribution in [0, 0.1) is 0 Å². The molecule has 0 spiro atoms. The molecule has 2 amide bonds. The van der Waals surface area contributed by atoms with Crippen LogP contribution in [-0.4, -0.2) is 23.5 Å². The Morgan fingerprint density at radius 3 is 2.06 bits per heavy atom. The average molecular weight is 417 g/mol. The molecule has 0 aliphatic carbocycles. The number of anilines is 2. The van der Waals surface area contributed by atoms with Gasteiger partial charge in [-0.05, 0) is 59.4 Å². The van der Waals surface area contributed by atoms with E-state index in [-0.39, 0.29) is 23.8 Å². The van der Waals surface area contributed by atoms with Gasteiger partial charge in [0.05, 0.1) is 11.3 Å². The SMILES string of the molecule is CC(C)(C)c1ccc(C(=O)Nc2ccccc2C(=O)Nc2ccc(CCO)cc2)cc1. The summed E-state index contributed by atoms with van der Waals surface area (Å²) >= 11 is 0. The van der Waals surface area contributed by atoms with Crippen molar-refractivity contribution in [2.45, 2.75) is 32.6 Å². The van der Waals surface area contributed by atoms with Crippen LogP contribution in [0.5, 0.6) is 0 Å². The Morgan fingerprint density at radius 2 is 1.45 bits per heavy atom. The van der Waals surface area contributed by atoms with Crippen LogP contribution in [0.3, 0.4) is 0 Å². The Hall–Kier alpha value is -3.44. The molecule has 0 saturated carbocycles. The Morgan fingerprint density at radius 1 is 0.806 bits per heavy atom. The molecule has 5 heteroatoms. The van der Waals surface area contributed by atoms with Gasteiger partial charge in [-0.2, -0.15) is 0 Å². The van der Waals surface area contributed by atoms with Crippen LogP contribution >= 0.6 is 0 Å². The number of nitrogens with one attached hydrogen (secondary N) is 2. The van der Waals surface area contributed by atoms with E-state index in [0.717, 1.165) is 11.1 Å². The highest BCUT2D eigenvalue weighted by Gasteiger charge is 2.16. The molecule has 0 atom stereocenters. The third-order valence-electron chi connectivity index (χ3n) is 5.05. The number of carbonyl (C=O) groups excluding carboxylic acids is 2. The lowest BCUT2D eigenvalue weighted by atomic mass is 9.86. The van der Waals surface area contributed by atoms with Crippen molar-refractivity contribution in [2.75, 3.05) is 17.2 Å². The van der Waals surface area contributed by atoms with Gasteiger partial charge in [0.25, 0.3) is 11.8 Å². The summed E-state index contributed by atoms with van der Waals surface area (Å²) in [7, 11) is 0. The third-order valence-corrected chi connectivity index (χ3v) is 5.05. The van der Waals surface area contributed by atoms with E-state index in [4.69, 9.17) is 5.11 Å². The van der Waals surface area contributed by atoms with Crippen molar-refractivity contribution < 1.29 is 14.7 Å². The fourth-order valence-electron chi connectivity index (χ4n) is 3.19. The van der Waals surface area contributed by atoms with Crippen LogP contribution in [0.2, 0.25) is 0 Å². The maximum absolute atomic E-state index is 12.8. The molecule has 0 fully saturated rings. The van der Waals surface area contributed by atoms with Crippen molar-refractivity contribution in [3.8, 4) is 0 Å². The zero-order valence-electron chi connectivity index (χ0n) is 18.1. The smallest absolute Gasteiger partial charge is 0.257 e. The van der Waals surface area contributed by atoms with Crippen LogP contribution in [0.25, 0.3) is 0 Å². The molecule has 0 bridgehead atoms. The number of aliphatic hydroxyl groups is 1. The van der Waals surface area contributed by atoms with Crippen LogP contribution in [0.4, 0.5) is 11.4 Å². The summed E-state index contributed by atoms with van der Waals surface area (Å²) in [6.45, 7) is 6.45. The Balaban J connectivity index is 1.73. The fraction of sp³-hybridized carbons (Fsp3) is 0.231. The first kappa shape index (κ1) is 22.2. The molecule has 31 heavy (non-hydrogen) atoms. The highest BCUT2D eigenvalue weighted by Crippen LogP contribution is 2.23. The summed E-state index contributed by atoms with van der Waals surface area (Å²) in [4.78, 5) is 25.6. The molecule has 0 heterocycles. The van der Waals surface area contributed by atoms with Gasteiger partial charge in [0, 0.05) is 17.9 Å². The lowest BCUT2D eigenvalue weighted by molar-refractivity contribution is 0.102. The van der Waals surface area contributed by atoms with Crippen LogP contribution < -0.4 is 10.6 Å². The van der Waals surface area contributed by atoms with Crippen molar-refractivity contribution in [1.29, 1.82) is 0 Å². The zero-order valence-corrected chi connectivity index (χ0v) is 18.1. The summed E-state index contributed by atoms with van der Waals surface area (Å²) in [6, 6.07) is 21.7. The number of amides is 2. The molecular formula is C26H28N2O3. The number of hydrogen-bond acceptors (Lipinski definition) is 3. The molecule has 3 aromatic carbocycles. The molecule has 0 radical (unpaired) electrons. The minimum atomic E-state index is -0.311. The molecule has 3 aromatic rings. The largest absolute Gasteiger partial charge is 0.396 e. The maximum Gasteiger partial charge on any atom is 0.257 e. The second-order valence-corrected chi connectivity index (χ2v) is 8.45. The number of para-hydroxylation sites is 1. The lowest BCUT2D eigenvalue weighted by Gasteiger charge is -2.19. The fourth-order valence-corrected chi connectivity index (χ4v) is 3.19. The van der Waals surface area contributed by atoms with E-state index in [1.807, 2.05) is 24.3 Å². The summed E-state index contributed by atoms with van der Waals surface area (Å²) in [5.74, 6) is -0.581. The van der Waals surface area contributed by atoms with Crippen molar-refractivity contribution in [2.24, 2.45) is 0 Å². The van der Waals surface area contributed by atoms with Gasteiger partial charge in [0.1, 0.15) is 0 Å². The quantitative estimate of drug-likeness (QED) is 0.528. The van der Waals surface area contributed by atoms with Crippen molar-refractivity contribution in [1.82, 2.24) is 0 Å². The number of rotatable bonds is 6. The highest BCUT2D eigenvalue weighted by molar-refractivity contribution is 6.12. The molecule has 3 rings (SSSR count). The lowest BCUT2D eigenvalue weighted by Crippen LogP contribution is -2.18. The van der Waals surface area contributed by atoms with Crippen LogP contribution in [0.1, 0.15) is 52.6 Å². The van der Waals surface area contributed by atoms with E-state index in [9.17, 15) is 9.59 Å². The van der Waals surface area contributed by atoms with Crippen molar-refractivity contribution >= 4 is 23.2 Å². The summed E-state index contributed by atoms with van der Waals surface area (Å²) < 4.78 is 0. The molecule has 3 N–H and O–H groups in total. The molecule has 0 unspecified atom stereocenters. The molecule has 0 aliphatic rings. The predicted molar refractivity (Wildman–Crippen MR) is 125 cm³/mol. The van der Waals surface area contributed by atoms with E-state index in [1.165, 1.54) is 0 Å². The van der Waals surface area contributed by atoms with Gasteiger partial charge in [-0.3, -0.25) is 9.59 Å². The van der Waals surface area contributed by atoms with Gasteiger partial charge >= 0.3 is 0 Å². The van der Waals surface area contributed by atoms with E-state index in [2.05, 4.69) is 31.4 Å². The minimum Gasteiger partial charge on any atom is -0.396 e. The van der Waals surface area contributed by atoms with Gasteiger partial charge < -0.3 is 15.7 Å². The second-order valence-electron chi connectivity index (χ2n) is 8.45. The first-order valence-electron chi connectivity index (χ1n) is 10.3. The molecule has 0 aliphatic heterocycles. The van der Waals surface area contributed by atoms with Crippen LogP contribution in [-0.2, 0) is 11.8 Å². The Bertz CT molecular complexity index is 1050. The third kappa shape index (κ3) is 5.80. The van der Waals surface area contributed by atoms with Gasteiger partial charge in [0.2, 0.25) is 0 Å². The highest BCUT2D eigenvalue weighted by atomic mass is 16.3. The average Bonchev–Trinajstić information content (AvgIpc) is 2.75. The Kier molecular flexibility index (Phi) is 6.88. The van der Waals surface area contributed by atoms with Crippen molar-refractivity contribution in [3.63, 3.8) is 0 Å². The summed E-state index contributed by atoms with van der Waals surface area (Å²) in [5, 5.41) is 14.7. The standard InChI is InChI=1S/C26H28N2O3/c1-26(2,3)20-12-10-19(11-13-20)24(30)28-23-7-5-4-6-22(23)25(31)27-21-14-8-18(9-15-21)16-17-29/h4-15,29H,16-17H2,1-3H3,(H,27,31)(H,28,30). The van der Waals surface area contributed by atoms with Gasteiger partial charge in [-0.25, -0.2) is 0 Å². The van der Waals surface area contributed by atoms with E-state index in [0.29, 0.717) is 28.9 Å². The monoisotopic (exact) mass is 416 g/mol. The summed E-state index contributed by atoms with van der Waals surface area (Å²) in [6.07, 6.45) is 0.569. The number of carbonyl (C=O) groups is 2. The molecule has 5 nitrogen and oxygen atoms in total. The first-order chi connectivity index (χ1) is 14.8. The van der Waals surface area contributed by atoms with Crippen molar-refractivity contribution in [3.05, 3.63) is 95.1 Å². The topological polar surface area (TPSA) is 78.4 Å². The van der Waals surface area contributed by atoms with Gasteiger partial charge in [0.15, 0.2) is 0 Å². The van der Waals surface area contributed by atoms with Gasteiger partial charge in [-0.15, -0.1) is 0 Å². The summed E-state index contributed by atoms with van der Waals surface area (Å²) in [5.41, 5.74) is 4.15. The normalized spacial score (nSPS) is 11.1.